The van der Waals surface area contributed by atoms with Gasteiger partial charge in [0.15, 0.2) is 24.2 Å². The van der Waals surface area contributed by atoms with Crippen LogP contribution in [0.3, 0.4) is 0 Å². The van der Waals surface area contributed by atoms with Crippen molar-refractivity contribution in [1.29, 1.82) is 0 Å². The third-order valence-corrected chi connectivity index (χ3v) is 7.57. The van der Waals surface area contributed by atoms with E-state index in [1.54, 1.807) is 34.4 Å². The first-order chi connectivity index (χ1) is 18.3. The van der Waals surface area contributed by atoms with Gasteiger partial charge < -0.3 is 36.1 Å². The van der Waals surface area contributed by atoms with Crippen LogP contribution in [0.1, 0.15) is 42.5 Å². The van der Waals surface area contributed by atoms with Gasteiger partial charge in [-0.15, -0.1) is 0 Å². The minimum Gasteiger partial charge on any atom is -1.00 e. The van der Waals surface area contributed by atoms with Gasteiger partial charge in [0, 0.05) is 22.6 Å². The number of esters is 1. The van der Waals surface area contributed by atoms with Gasteiger partial charge in [0.2, 0.25) is 6.20 Å². The highest BCUT2D eigenvalue weighted by Crippen LogP contribution is 2.40. The zero-order valence-corrected chi connectivity index (χ0v) is 23.1. The number of pyridine rings is 3. The van der Waals surface area contributed by atoms with Crippen molar-refractivity contribution < 1.29 is 45.3 Å². The maximum Gasteiger partial charge on any atom is 0.343 e. The zero-order chi connectivity index (χ0) is 26.6. The molecule has 0 fully saturated rings. The Kier molecular flexibility index (Phi) is 7.02. The number of hydrogen-bond acceptors (Lipinski definition) is 6. The number of fused-ring (bicyclic) bond motifs is 5. The minimum atomic E-state index is -1.86. The van der Waals surface area contributed by atoms with Crippen molar-refractivity contribution in [3.05, 3.63) is 87.2 Å². The Morgan fingerprint density at radius 2 is 2.03 bits per heavy atom. The lowest BCUT2D eigenvalue weighted by Gasteiger charge is -2.31. The first-order valence-corrected chi connectivity index (χ1v) is 12.7. The van der Waals surface area contributed by atoms with Crippen molar-refractivity contribution in [2.45, 2.75) is 52.0 Å². The number of nitrogens with zero attached hydrogens (tertiary/aromatic N) is 3. The predicted molar refractivity (Wildman–Crippen MR) is 136 cm³/mol. The van der Waals surface area contributed by atoms with Crippen LogP contribution in [0.2, 0.25) is 0 Å². The molecule has 0 aliphatic carbocycles. The summed E-state index contributed by atoms with van der Waals surface area (Å²) >= 11 is 0. The predicted octanol–water partition coefficient (Wildman–Crippen LogP) is 0.152. The van der Waals surface area contributed by atoms with Crippen molar-refractivity contribution in [2.24, 2.45) is 0 Å². The van der Waals surface area contributed by atoms with Crippen LogP contribution >= 0.6 is 0 Å². The van der Waals surface area contributed by atoms with E-state index in [-0.39, 0.29) is 41.4 Å². The molecule has 1 N–H and O–H groups in total. The highest BCUT2D eigenvalue weighted by atomic mass is 79.9. The molecule has 10 heteroatoms. The number of ether oxygens (including phenoxy) is 2. The second-order valence-corrected chi connectivity index (χ2v) is 9.66. The van der Waals surface area contributed by atoms with Crippen molar-refractivity contribution >= 4 is 16.9 Å². The fourth-order valence-corrected chi connectivity index (χ4v) is 5.53. The van der Waals surface area contributed by atoms with Gasteiger partial charge in [0.25, 0.3) is 5.56 Å². The molecule has 0 radical (unpaired) electrons. The van der Waals surface area contributed by atoms with E-state index in [2.05, 4.69) is 6.92 Å². The summed E-state index contributed by atoms with van der Waals surface area (Å²) in [6.07, 6.45) is 4.02. The minimum absolute atomic E-state index is 0. The van der Waals surface area contributed by atoms with Gasteiger partial charge in [0.1, 0.15) is 19.0 Å². The van der Waals surface area contributed by atoms with Crippen LogP contribution in [0.15, 0.2) is 53.6 Å². The monoisotopic (exact) mass is 595 g/mol. The van der Waals surface area contributed by atoms with E-state index < -0.39 is 11.6 Å². The number of benzene rings is 1. The second-order valence-electron chi connectivity index (χ2n) is 9.66. The van der Waals surface area contributed by atoms with Gasteiger partial charge >= 0.3 is 5.97 Å². The SMILES string of the molecule is CCc1c2c(nc3ccc(OCC[n+]4cccc(F)c4)cc13)-c1cc3c(c(=O)n1C2)COC(=O)[C@]3(O)CC.[Br-]. The van der Waals surface area contributed by atoms with Crippen LogP contribution in [-0.2, 0) is 41.2 Å². The summed E-state index contributed by atoms with van der Waals surface area (Å²) in [4.78, 5) is 30.8. The molecule has 0 amide bonds. The van der Waals surface area contributed by atoms with Gasteiger partial charge in [-0.3, -0.25) is 4.79 Å². The molecule has 0 saturated carbocycles. The van der Waals surface area contributed by atoms with E-state index in [9.17, 15) is 19.1 Å². The van der Waals surface area contributed by atoms with E-state index in [4.69, 9.17) is 14.5 Å². The quantitative estimate of drug-likeness (QED) is 0.222. The van der Waals surface area contributed by atoms with E-state index in [0.717, 1.165) is 22.0 Å². The Balaban J connectivity index is 0.00000308. The smallest absolute Gasteiger partial charge is 0.343 e. The van der Waals surface area contributed by atoms with E-state index in [1.807, 2.05) is 18.2 Å². The molecule has 6 rings (SSSR count). The summed E-state index contributed by atoms with van der Waals surface area (Å²) in [7, 11) is 0. The Labute approximate surface area is 234 Å². The third-order valence-electron chi connectivity index (χ3n) is 7.57. The summed E-state index contributed by atoms with van der Waals surface area (Å²) in [6.45, 7) is 4.80. The number of carbonyl (C=O) groups is 1. The Morgan fingerprint density at radius 1 is 1.21 bits per heavy atom. The molecular weight excluding hydrogens is 569 g/mol. The lowest BCUT2D eigenvalue weighted by Crippen LogP contribution is -3.00. The standard InChI is InChI=1S/C29H27FN3O5.BrH/c1-3-19-20-12-18(37-11-10-32-9-5-6-17(30)14-32)7-8-24(20)31-26-21(19)15-33-25(26)13-23-22(27(33)34)16-38-28(35)29(23,36)4-2;/h5-9,12-14,36H,3-4,10-11,15-16H2,1-2H3;1H/q+1;/p-1/t29-;/m0./s1. The number of aryl methyl sites for hydroxylation is 1. The molecule has 2 aliphatic heterocycles. The van der Waals surface area contributed by atoms with Crippen molar-refractivity contribution in [3.63, 3.8) is 0 Å². The molecule has 202 valence electrons. The zero-order valence-electron chi connectivity index (χ0n) is 21.5. The second kappa shape index (κ2) is 10.2. The maximum atomic E-state index is 13.5. The molecule has 0 saturated heterocycles. The van der Waals surface area contributed by atoms with Crippen molar-refractivity contribution in [3.8, 4) is 17.1 Å². The maximum absolute atomic E-state index is 13.5. The normalized spacial score (nSPS) is 17.2. The topological polar surface area (TPSA) is 94.5 Å². The van der Waals surface area contributed by atoms with Gasteiger partial charge in [-0.2, -0.15) is 4.57 Å². The molecule has 1 atom stereocenters. The van der Waals surface area contributed by atoms with E-state index in [1.165, 1.54) is 12.3 Å². The number of hydrogen-bond donors (Lipinski definition) is 1. The fraction of sp³-hybridized carbons (Fsp3) is 0.310. The lowest BCUT2D eigenvalue weighted by atomic mass is 9.86. The summed E-state index contributed by atoms with van der Waals surface area (Å²) in [6, 6.07) is 10.5. The van der Waals surface area contributed by atoms with E-state index in [0.29, 0.717) is 54.4 Å². The Bertz CT molecular complexity index is 1690. The third kappa shape index (κ3) is 4.31. The molecule has 3 aromatic heterocycles. The molecule has 4 aromatic rings. The van der Waals surface area contributed by atoms with E-state index >= 15 is 0 Å². The van der Waals surface area contributed by atoms with Crippen molar-refractivity contribution in [2.75, 3.05) is 6.61 Å². The highest BCUT2D eigenvalue weighted by molar-refractivity contribution is 5.90. The molecule has 8 nitrogen and oxygen atoms in total. The van der Waals surface area contributed by atoms with Crippen molar-refractivity contribution in [1.82, 2.24) is 9.55 Å². The average Bonchev–Trinajstić information content (AvgIpc) is 3.28. The summed E-state index contributed by atoms with van der Waals surface area (Å²) in [5.41, 5.74) is 2.52. The molecule has 0 unspecified atom stereocenters. The largest absolute Gasteiger partial charge is 1.00 e. The fourth-order valence-electron chi connectivity index (χ4n) is 5.53. The summed E-state index contributed by atoms with van der Waals surface area (Å²) in [5, 5.41) is 12.0. The number of carbonyl (C=O) groups excluding carboxylic acids is 1. The van der Waals surface area contributed by atoms with Crippen LogP contribution in [0.5, 0.6) is 5.75 Å². The Hall–Kier alpha value is -3.63. The number of cyclic esters (lactones) is 1. The number of rotatable bonds is 6. The van der Waals surface area contributed by atoms with Crippen LogP contribution in [0.25, 0.3) is 22.3 Å². The van der Waals surface area contributed by atoms with Crippen LogP contribution in [-0.4, -0.2) is 27.2 Å². The first kappa shape index (κ1) is 27.0. The number of aromatic nitrogens is 3. The van der Waals surface area contributed by atoms with Crippen LogP contribution in [0, 0.1) is 5.82 Å². The molecule has 0 spiro atoms. The molecule has 0 bridgehead atoms. The van der Waals surface area contributed by atoms with Gasteiger partial charge in [0.05, 0.1) is 29.0 Å². The van der Waals surface area contributed by atoms with Crippen LogP contribution in [0.4, 0.5) is 4.39 Å². The molecule has 5 heterocycles. The molecule has 39 heavy (non-hydrogen) atoms. The Morgan fingerprint density at radius 3 is 2.77 bits per heavy atom. The lowest BCUT2D eigenvalue weighted by molar-refractivity contribution is -0.698. The molecule has 2 aliphatic rings. The average molecular weight is 596 g/mol. The van der Waals surface area contributed by atoms with Gasteiger partial charge in [-0.1, -0.05) is 13.8 Å². The van der Waals surface area contributed by atoms with Crippen LogP contribution < -0.4 is 31.8 Å². The molecular formula is C29H27BrFN3O5. The van der Waals surface area contributed by atoms with Gasteiger partial charge in [-0.05, 0) is 48.7 Å². The van der Waals surface area contributed by atoms with Gasteiger partial charge in [-0.25, -0.2) is 14.2 Å². The number of halogens is 2. The number of aliphatic hydroxyl groups is 1. The molecule has 1 aromatic carbocycles. The first-order valence-electron chi connectivity index (χ1n) is 12.7. The summed E-state index contributed by atoms with van der Waals surface area (Å²) in [5.74, 6) is -0.359. The summed E-state index contributed by atoms with van der Waals surface area (Å²) < 4.78 is 28.0. The highest BCUT2D eigenvalue weighted by Gasteiger charge is 2.45.